The van der Waals surface area contributed by atoms with Gasteiger partial charge in [0.2, 0.25) is 0 Å². The number of hydrogen-bond acceptors (Lipinski definition) is 3. The molecule has 0 amide bonds. The van der Waals surface area contributed by atoms with Crippen molar-refractivity contribution in [1.82, 2.24) is 0 Å². The molecule has 0 saturated carbocycles. The molecule has 0 radical (unpaired) electrons. The molecule has 1 aromatic carbocycles. The number of nitrogen functional groups attached to an aromatic ring is 1. The molecule has 0 aromatic heterocycles. The van der Waals surface area contributed by atoms with Crippen LogP contribution in [0.2, 0.25) is 0 Å². The molecule has 7 heteroatoms. The maximum atomic E-state index is 11.9. The second-order valence-electron chi connectivity index (χ2n) is 2.85. The SMILES string of the molecule is Nc1cc(OC(F)(F)F)ccc1C(=O)CBr. The summed E-state index contributed by atoms with van der Waals surface area (Å²) in [5, 5.41) is 0.0523. The Morgan fingerprint density at radius 2 is 2.06 bits per heavy atom. The zero-order valence-corrected chi connectivity index (χ0v) is 9.43. The summed E-state index contributed by atoms with van der Waals surface area (Å²) in [5.41, 5.74) is 5.54. The van der Waals surface area contributed by atoms with Crippen LogP contribution in [-0.2, 0) is 0 Å². The van der Waals surface area contributed by atoms with Gasteiger partial charge in [-0.15, -0.1) is 13.2 Å². The summed E-state index contributed by atoms with van der Waals surface area (Å²) in [6.45, 7) is 0. The molecule has 0 saturated heterocycles. The molecule has 0 fully saturated rings. The largest absolute Gasteiger partial charge is 0.573 e. The number of rotatable bonds is 3. The third kappa shape index (κ3) is 3.41. The monoisotopic (exact) mass is 297 g/mol. The van der Waals surface area contributed by atoms with Gasteiger partial charge in [0, 0.05) is 17.3 Å². The average molecular weight is 298 g/mol. The fourth-order valence-corrected chi connectivity index (χ4v) is 1.37. The highest BCUT2D eigenvalue weighted by Crippen LogP contribution is 2.26. The number of ether oxygens (including phenoxy) is 1. The lowest BCUT2D eigenvalue weighted by molar-refractivity contribution is -0.274. The van der Waals surface area contributed by atoms with Gasteiger partial charge >= 0.3 is 6.36 Å². The molecular formula is C9H7BrF3NO2. The minimum atomic E-state index is -4.77. The molecule has 0 heterocycles. The number of anilines is 1. The number of benzene rings is 1. The van der Waals surface area contributed by atoms with E-state index in [4.69, 9.17) is 5.73 Å². The van der Waals surface area contributed by atoms with E-state index in [9.17, 15) is 18.0 Å². The predicted molar refractivity (Wildman–Crippen MR) is 55.7 cm³/mol. The molecule has 2 N–H and O–H groups in total. The number of hydrogen-bond donors (Lipinski definition) is 1. The molecule has 0 spiro atoms. The van der Waals surface area contributed by atoms with E-state index < -0.39 is 12.1 Å². The number of halogens is 4. The summed E-state index contributed by atoms with van der Waals surface area (Å²) in [4.78, 5) is 11.2. The first-order valence-corrected chi connectivity index (χ1v) is 5.20. The van der Waals surface area contributed by atoms with Crippen molar-refractivity contribution in [1.29, 1.82) is 0 Å². The van der Waals surface area contributed by atoms with Crippen LogP contribution in [0.4, 0.5) is 18.9 Å². The van der Waals surface area contributed by atoms with Crippen molar-refractivity contribution in [3.05, 3.63) is 23.8 Å². The molecule has 0 unspecified atom stereocenters. The topological polar surface area (TPSA) is 52.3 Å². The van der Waals surface area contributed by atoms with E-state index in [2.05, 4.69) is 20.7 Å². The number of nitrogens with two attached hydrogens (primary N) is 1. The lowest BCUT2D eigenvalue weighted by atomic mass is 10.1. The Hall–Kier alpha value is -1.24. The molecule has 3 nitrogen and oxygen atoms in total. The Labute approximate surface area is 97.5 Å². The van der Waals surface area contributed by atoms with Crippen molar-refractivity contribution in [3.63, 3.8) is 0 Å². The molecule has 0 aliphatic heterocycles. The van der Waals surface area contributed by atoms with Crippen molar-refractivity contribution >= 4 is 27.4 Å². The van der Waals surface area contributed by atoms with E-state index in [0.717, 1.165) is 12.1 Å². The third-order valence-corrected chi connectivity index (χ3v) is 2.19. The van der Waals surface area contributed by atoms with Crippen LogP contribution in [0.1, 0.15) is 10.4 Å². The van der Waals surface area contributed by atoms with E-state index in [1.54, 1.807) is 0 Å². The Kier molecular flexibility index (Phi) is 3.79. The predicted octanol–water partition coefficient (Wildman–Crippen LogP) is 2.75. The van der Waals surface area contributed by atoms with Crippen LogP contribution >= 0.6 is 15.9 Å². The van der Waals surface area contributed by atoms with E-state index in [-0.39, 0.29) is 22.4 Å². The Morgan fingerprint density at radius 3 is 2.50 bits per heavy atom. The van der Waals surface area contributed by atoms with Crippen LogP contribution in [0, 0.1) is 0 Å². The molecule has 16 heavy (non-hydrogen) atoms. The number of carbonyl (C=O) groups excluding carboxylic acids is 1. The maximum absolute atomic E-state index is 11.9. The van der Waals surface area contributed by atoms with E-state index in [1.165, 1.54) is 6.07 Å². The van der Waals surface area contributed by atoms with Crippen LogP contribution in [0.3, 0.4) is 0 Å². The van der Waals surface area contributed by atoms with Gasteiger partial charge in [-0.05, 0) is 12.1 Å². The van der Waals surface area contributed by atoms with E-state index in [1.807, 2.05) is 0 Å². The molecule has 0 bridgehead atoms. The van der Waals surface area contributed by atoms with Crippen LogP contribution in [-0.4, -0.2) is 17.5 Å². The minimum absolute atomic E-state index is 0.0498. The van der Waals surface area contributed by atoms with Crippen molar-refractivity contribution < 1.29 is 22.7 Å². The normalized spacial score (nSPS) is 11.2. The van der Waals surface area contributed by atoms with Gasteiger partial charge in [0.25, 0.3) is 0 Å². The van der Waals surface area contributed by atoms with Crippen molar-refractivity contribution in [3.8, 4) is 5.75 Å². The highest BCUT2D eigenvalue weighted by atomic mass is 79.9. The van der Waals surface area contributed by atoms with Crippen molar-refractivity contribution in [2.45, 2.75) is 6.36 Å². The highest BCUT2D eigenvalue weighted by molar-refractivity contribution is 9.09. The molecule has 0 atom stereocenters. The number of alkyl halides is 4. The Balaban J connectivity index is 2.96. The number of Topliss-reactive ketones (excluding diaryl/α,β-unsaturated/α-hetero) is 1. The Bertz CT molecular complexity index is 406. The Morgan fingerprint density at radius 1 is 1.44 bits per heavy atom. The van der Waals surface area contributed by atoms with Crippen LogP contribution < -0.4 is 10.5 Å². The smallest absolute Gasteiger partial charge is 0.406 e. The summed E-state index contributed by atoms with van der Waals surface area (Å²) >= 11 is 2.94. The van der Waals surface area contributed by atoms with Gasteiger partial charge in [-0.1, -0.05) is 15.9 Å². The van der Waals surface area contributed by atoms with Crippen molar-refractivity contribution in [2.75, 3.05) is 11.1 Å². The quantitative estimate of drug-likeness (QED) is 0.530. The molecule has 0 aliphatic carbocycles. The van der Waals surface area contributed by atoms with Gasteiger partial charge < -0.3 is 10.5 Å². The fraction of sp³-hybridized carbons (Fsp3) is 0.222. The summed E-state index contributed by atoms with van der Waals surface area (Å²) in [7, 11) is 0. The first-order valence-electron chi connectivity index (χ1n) is 4.08. The molecule has 1 aromatic rings. The average Bonchev–Trinajstić information content (AvgIpc) is 2.14. The summed E-state index contributed by atoms with van der Waals surface area (Å²) in [5.74, 6) is -0.757. The minimum Gasteiger partial charge on any atom is -0.406 e. The lowest BCUT2D eigenvalue weighted by Gasteiger charge is -2.10. The molecule has 88 valence electrons. The summed E-state index contributed by atoms with van der Waals surface area (Å²) in [6.07, 6.45) is -4.77. The third-order valence-electron chi connectivity index (χ3n) is 1.68. The summed E-state index contributed by atoms with van der Waals surface area (Å²) in [6, 6.07) is 3.20. The van der Waals surface area contributed by atoms with Gasteiger partial charge in [-0.3, -0.25) is 4.79 Å². The van der Waals surface area contributed by atoms with Gasteiger partial charge in [0.1, 0.15) is 5.75 Å². The first kappa shape index (κ1) is 12.8. The van der Waals surface area contributed by atoms with Gasteiger partial charge in [0.15, 0.2) is 5.78 Å². The van der Waals surface area contributed by atoms with Gasteiger partial charge in [0.05, 0.1) is 5.33 Å². The molecule has 0 aliphatic rings. The van der Waals surface area contributed by atoms with Crippen LogP contribution in [0.15, 0.2) is 18.2 Å². The standard InChI is InChI=1S/C9H7BrF3NO2/c10-4-8(15)6-2-1-5(3-7(6)14)16-9(11,12)13/h1-3H,4,14H2. The number of ketones is 1. The van der Waals surface area contributed by atoms with E-state index >= 15 is 0 Å². The van der Waals surface area contributed by atoms with Crippen molar-refractivity contribution in [2.24, 2.45) is 0 Å². The lowest BCUT2D eigenvalue weighted by Crippen LogP contribution is -2.17. The maximum Gasteiger partial charge on any atom is 0.573 e. The highest BCUT2D eigenvalue weighted by Gasteiger charge is 2.31. The van der Waals surface area contributed by atoms with Crippen LogP contribution in [0.25, 0.3) is 0 Å². The summed E-state index contributed by atoms with van der Waals surface area (Å²) < 4.78 is 39.2. The van der Waals surface area contributed by atoms with Crippen LogP contribution in [0.5, 0.6) is 5.75 Å². The first-order chi connectivity index (χ1) is 7.33. The second-order valence-corrected chi connectivity index (χ2v) is 3.41. The zero-order valence-electron chi connectivity index (χ0n) is 7.84. The zero-order chi connectivity index (χ0) is 12.3. The number of carbonyl (C=O) groups is 1. The van der Waals surface area contributed by atoms with Gasteiger partial charge in [-0.25, -0.2) is 0 Å². The second kappa shape index (κ2) is 4.73. The van der Waals surface area contributed by atoms with Gasteiger partial charge in [-0.2, -0.15) is 0 Å². The van der Waals surface area contributed by atoms with E-state index in [0.29, 0.717) is 0 Å². The molecule has 1 rings (SSSR count). The fourth-order valence-electron chi connectivity index (χ4n) is 1.06. The molecular weight excluding hydrogens is 291 g/mol.